The maximum atomic E-state index is 12.4. The molecular weight excluding hydrogens is 355 g/mol. The summed E-state index contributed by atoms with van der Waals surface area (Å²) in [5.41, 5.74) is 6.11. The maximum Gasteiger partial charge on any atom is 0.273 e. The van der Waals surface area contributed by atoms with Gasteiger partial charge in [-0.1, -0.05) is 13.8 Å². The van der Waals surface area contributed by atoms with Gasteiger partial charge in [-0.3, -0.25) is 4.79 Å². The van der Waals surface area contributed by atoms with E-state index in [0.717, 1.165) is 50.6 Å². The molecular formula is C15H28Cl2N4OS. The second-order valence-corrected chi connectivity index (χ2v) is 6.49. The lowest BCUT2D eigenvalue weighted by Crippen LogP contribution is -2.41. The van der Waals surface area contributed by atoms with Crippen molar-refractivity contribution in [2.45, 2.75) is 33.2 Å². The highest BCUT2D eigenvalue weighted by molar-refractivity contribution is 7.09. The van der Waals surface area contributed by atoms with Crippen molar-refractivity contribution in [3.8, 4) is 0 Å². The quantitative estimate of drug-likeness (QED) is 0.820. The Bertz CT molecular complexity index is 460. The number of rotatable bonds is 6. The number of hydrogen-bond donors (Lipinski definition) is 1. The number of thiazole rings is 1. The van der Waals surface area contributed by atoms with Gasteiger partial charge in [-0.2, -0.15) is 0 Å². The molecule has 0 aromatic carbocycles. The van der Waals surface area contributed by atoms with E-state index in [2.05, 4.69) is 23.7 Å². The smallest absolute Gasteiger partial charge is 0.273 e. The largest absolute Gasteiger partial charge is 0.337 e. The van der Waals surface area contributed by atoms with E-state index in [9.17, 15) is 4.79 Å². The summed E-state index contributed by atoms with van der Waals surface area (Å²) in [6, 6.07) is 0. The van der Waals surface area contributed by atoms with Crippen LogP contribution < -0.4 is 5.73 Å². The Morgan fingerprint density at radius 2 is 1.96 bits per heavy atom. The van der Waals surface area contributed by atoms with Gasteiger partial charge in [-0.25, -0.2) is 4.98 Å². The molecule has 0 spiro atoms. The molecule has 1 aromatic heterocycles. The van der Waals surface area contributed by atoms with E-state index in [4.69, 9.17) is 5.73 Å². The van der Waals surface area contributed by atoms with Crippen LogP contribution in [0.2, 0.25) is 0 Å². The van der Waals surface area contributed by atoms with Crippen molar-refractivity contribution in [1.29, 1.82) is 0 Å². The molecule has 5 nitrogen and oxygen atoms in total. The Labute approximate surface area is 155 Å². The molecule has 1 amide bonds. The number of carbonyl (C=O) groups is 1. The first-order valence-electron chi connectivity index (χ1n) is 7.84. The van der Waals surface area contributed by atoms with Crippen LogP contribution in [0.15, 0.2) is 5.38 Å². The number of nitrogens with zero attached hydrogens (tertiary/aromatic N) is 3. The molecule has 0 unspecified atom stereocenters. The lowest BCUT2D eigenvalue weighted by molar-refractivity contribution is 0.0664. The highest BCUT2D eigenvalue weighted by Gasteiger charge is 2.25. The average Bonchev–Trinajstić information content (AvgIpc) is 3.01. The fourth-order valence-electron chi connectivity index (χ4n) is 2.83. The molecule has 1 fully saturated rings. The van der Waals surface area contributed by atoms with Crippen molar-refractivity contribution in [3.05, 3.63) is 16.1 Å². The van der Waals surface area contributed by atoms with Gasteiger partial charge in [0.05, 0.1) is 0 Å². The summed E-state index contributed by atoms with van der Waals surface area (Å²) in [5, 5.41) is 2.65. The third-order valence-electron chi connectivity index (χ3n) is 4.26. The molecule has 0 saturated carbocycles. The molecule has 1 aliphatic rings. The molecule has 0 aliphatic carbocycles. The van der Waals surface area contributed by atoms with Gasteiger partial charge in [0.25, 0.3) is 5.91 Å². The maximum absolute atomic E-state index is 12.4. The predicted molar refractivity (Wildman–Crippen MR) is 101 cm³/mol. The summed E-state index contributed by atoms with van der Waals surface area (Å²) in [6.45, 7) is 9.89. The summed E-state index contributed by atoms with van der Waals surface area (Å²) in [7, 11) is 0. The van der Waals surface area contributed by atoms with Crippen LogP contribution in [0.3, 0.4) is 0 Å². The Balaban J connectivity index is 0.00000242. The van der Waals surface area contributed by atoms with Crippen LogP contribution in [0.1, 0.15) is 42.2 Å². The van der Waals surface area contributed by atoms with Gasteiger partial charge in [-0.15, -0.1) is 36.2 Å². The summed E-state index contributed by atoms with van der Waals surface area (Å²) in [5.74, 6) is 0.774. The van der Waals surface area contributed by atoms with E-state index < -0.39 is 0 Å². The molecule has 0 bridgehead atoms. The number of aromatic nitrogens is 1. The molecule has 0 atom stereocenters. The average molecular weight is 383 g/mol. The number of halogens is 2. The van der Waals surface area contributed by atoms with Crippen molar-refractivity contribution in [2.75, 3.05) is 32.7 Å². The van der Waals surface area contributed by atoms with Crippen LogP contribution in [0, 0.1) is 5.92 Å². The van der Waals surface area contributed by atoms with Crippen LogP contribution in [0.25, 0.3) is 0 Å². The van der Waals surface area contributed by atoms with Crippen molar-refractivity contribution in [1.82, 2.24) is 14.8 Å². The zero-order valence-corrected chi connectivity index (χ0v) is 16.3. The molecule has 23 heavy (non-hydrogen) atoms. The van der Waals surface area contributed by atoms with Gasteiger partial charge in [0, 0.05) is 31.6 Å². The van der Waals surface area contributed by atoms with E-state index in [1.54, 1.807) is 0 Å². The summed E-state index contributed by atoms with van der Waals surface area (Å²) >= 11 is 1.47. The van der Waals surface area contributed by atoms with Gasteiger partial charge in [-0.05, 0) is 31.8 Å². The molecule has 2 heterocycles. The lowest BCUT2D eigenvalue weighted by atomic mass is 9.96. The van der Waals surface area contributed by atoms with Crippen LogP contribution in [-0.2, 0) is 6.54 Å². The highest BCUT2D eigenvalue weighted by atomic mass is 35.5. The van der Waals surface area contributed by atoms with Crippen molar-refractivity contribution in [3.63, 3.8) is 0 Å². The van der Waals surface area contributed by atoms with Crippen LogP contribution in [0.5, 0.6) is 0 Å². The van der Waals surface area contributed by atoms with E-state index in [1.165, 1.54) is 11.3 Å². The summed E-state index contributed by atoms with van der Waals surface area (Å²) in [6.07, 6.45) is 2.19. The summed E-state index contributed by atoms with van der Waals surface area (Å²) < 4.78 is 0. The minimum absolute atomic E-state index is 0. The number of carbonyl (C=O) groups excluding carboxylic acids is 1. The molecule has 0 radical (unpaired) electrons. The predicted octanol–water partition coefficient (Wildman–Crippen LogP) is 2.64. The topological polar surface area (TPSA) is 62.5 Å². The molecule has 2 N–H and O–H groups in total. The minimum Gasteiger partial charge on any atom is -0.337 e. The van der Waals surface area contributed by atoms with Crippen LogP contribution in [0.4, 0.5) is 0 Å². The Morgan fingerprint density at radius 3 is 2.43 bits per heavy atom. The first-order valence-corrected chi connectivity index (χ1v) is 8.71. The second kappa shape index (κ2) is 11.2. The molecule has 1 aromatic rings. The monoisotopic (exact) mass is 382 g/mol. The fraction of sp³-hybridized carbons (Fsp3) is 0.733. The SMILES string of the molecule is CCN(CC)CC1CCN(C(=O)c2csc(CN)n2)CC1.Cl.Cl. The van der Waals surface area contributed by atoms with Crippen LogP contribution in [-0.4, -0.2) is 53.4 Å². The van der Waals surface area contributed by atoms with Crippen molar-refractivity contribution in [2.24, 2.45) is 11.7 Å². The zero-order valence-electron chi connectivity index (χ0n) is 13.9. The molecule has 134 valence electrons. The summed E-state index contributed by atoms with van der Waals surface area (Å²) in [4.78, 5) is 21.1. The number of nitrogens with two attached hydrogens (primary N) is 1. The van der Waals surface area contributed by atoms with Gasteiger partial charge in [0.15, 0.2) is 0 Å². The standard InChI is InChI=1S/C15H26N4OS.2ClH/c1-3-18(4-2)10-12-5-7-19(8-6-12)15(20)13-11-21-14(9-16)17-13;;/h11-12H,3-10,16H2,1-2H3;2*1H. The Hall–Kier alpha value is -0.400. The lowest BCUT2D eigenvalue weighted by Gasteiger charge is -2.34. The minimum atomic E-state index is 0. The fourth-order valence-corrected chi connectivity index (χ4v) is 3.48. The van der Waals surface area contributed by atoms with Gasteiger partial charge in [0.1, 0.15) is 10.7 Å². The van der Waals surface area contributed by atoms with E-state index in [0.29, 0.717) is 18.2 Å². The number of likely N-dealkylation sites (tertiary alicyclic amines) is 1. The first-order chi connectivity index (χ1) is 10.2. The first kappa shape index (κ1) is 22.6. The molecule has 1 saturated heterocycles. The molecule has 8 heteroatoms. The van der Waals surface area contributed by atoms with E-state index >= 15 is 0 Å². The van der Waals surface area contributed by atoms with Crippen LogP contribution >= 0.6 is 36.2 Å². The highest BCUT2D eigenvalue weighted by Crippen LogP contribution is 2.20. The van der Waals surface area contributed by atoms with Crippen molar-refractivity contribution >= 4 is 42.1 Å². The number of piperidine rings is 1. The third kappa shape index (κ3) is 6.19. The van der Waals surface area contributed by atoms with Gasteiger partial charge in [0.2, 0.25) is 0 Å². The second-order valence-electron chi connectivity index (χ2n) is 5.55. The van der Waals surface area contributed by atoms with Gasteiger partial charge < -0.3 is 15.5 Å². The molecule has 1 aliphatic heterocycles. The Morgan fingerprint density at radius 1 is 1.35 bits per heavy atom. The normalized spacial score (nSPS) is 15.2. The van der Waals surface area contributed by atoms with E-state index in [1.807, 2.05) is 10.3 Å². The van der Waals surface area contributed by atoms with Crippen molar-refractivity contribution < 1.29 is 4.79 Å². The zero-order chi connectivity index (χ0) is 15.2. The number of hydrogen-bond acceptors (Lipinski definition) is 5. The van der Waals surface area contributed by atoms with Gasteiger partial charge >= 0.3 is 0 Å². The third-order valence-corrected chi connectivity index (χ3v) is 5.13. The molecule has 2 rings (SSSR count). The van der Waals surface area contributed by atoms with E-state index in [-0.39, 0.29) is 30.7 Å². The number of amides is 1. The Kier molecular flexibility index (Phi) is 11.0.